The topological polar surface area (TPSA) is 66.5 Å². The number of hydrogen-bond donors (Lipinski definition) is 1. The molecule has 0 spiro atoms. The highest BCUT2D eigenvalue weighted by Crippen LogP contribution is 2.15. The lowest BCUT2D eigenvalue weighted by molar-refractivity contribution is 0.0925. The first kappa shape index (κ1) is 13.5. The number of sulfonamides is 1. The summed E-state index contributed by atoms with van der Waals surface area (Å²) in [5.74, 6) is -0.120. The Morgan fingerprint density at radius 2 is 2.33 bits per heavy atom. The summed E-state index contributed by atoms with van der Waals surface area (Å²) in [5.41, 5.74) is 0. The van der Waals surface area contributed by atoms with E-state index in [0.29, 0.717) is 18.0 Å². The Morgan fingerprint density at radius 3 is 2.94 bits per heavy atom. The van der Waals surface area contributed by atoms with Crippen molar-refractivity contribution < 1.29 is 13.2 Å². The minimum Gasteiger partial charge on any atom is -0.347 e. The van der Waals surface area contributed by atoms with Gasteiger partial charge < -0.3 is 5.32 Å². The number of hydrogen-bond acceptors (Lipinski definition) is 4. The first-order valence-corrected chi connectivity index (χ1v) is 8.49. The first-order valence-electron chi connectivity index (χ1n) is 5.76. The Hall–Kier alpha value is -0.920. The van der Waals surface area contributed by atoms with Gasteiger partial charge in [-0.25, -0.2) is 12.7 Å². The van der Waals surface area contributed by atoms with Crippen molar-refractivity contribution in [1.82, 2.24) is 9.62 Å². The summed E-state index contributed by atoms with van der Waals surface area (Å²) >= 11 is 1.38. The molecule has 5 nitrogen and oxygen atoms in total. The second-order valence-electron chi connectivity index (χ2n) is 4.41. The van der Waals surface area contributed by atoms with Crippen LogP contribution in [-0.2, 0) is 10.0 Å². The van der Waals surface area contributed by atoms with Crippen molar-refractivity contribution in [2.24, 2.45) is 0 Å². The molecule has 1 amide bonds. The van der Waals surface area contributed by atoms with Crippen molar-refractivity contribution in [3.8, 4) is 0 Å². The maximum absolute atomic E-state index is 11.9. The predicted octanol–water partition coefficient (Wildman–Crippen LogP) is 0.902. The Balaban J connectivity index is 1.96. The predicted molar refractivity (Wildman–Crippen MR) is 71.2 cm³/mol. The molecule has 1 saturated heterocycles. The molecule has 2 rings (SSSR count). The Morgan fingerprint density at radius 1 is 1.56 bits per heavy atom. The quantitative estimate of drug-likeness (QED) is 0.898. The van der Waals surface area contributed by atoms with Gasteiger partial charge in [0.1, 0.15) is 0 Å². The van der Waals surface area contributed by atoms with Crippen molar-refractivity contribution in [3.05, 3.63) is 22.4 Å². The van der Waals surface area contributed by atoms with E-state index >= 15 is 0 Å². The molecule has 1 aromatic heterocycles. The van der Waals surface area contributed by atoms with Gasteiger partial charge in [0.2, 0.25) is 10.0 Å². The zero-order valence-electron chi connectivity index (χ0n) is 10.1. The van der Waals surface area contributed by atoms with Gasteiger partial charge in [-0.15, -0.1) is 11.3 Å². The molecule has 1 unspecified atom stereocenters. The lowest BCUT2D eigenvalue weighted by Gasteiger charge is -2.31. The van der Waals surface area contributed by atoms with Crippen molar-refractivity contribution >= 4 is 27.3 Å². The van der Waals surface area contributed by atoms with Crippen LogP contribution in [0.3, 0.4) is 0 Å². The van der Waals surface area contributed by atoms with Gasteiger partial charge in [0.15, 0.2) is 0 Å². The van der Waals surface area contributed by atoms with Crippen molar-refractivity contribution in [3.63, 3.8) is 0 Å². The van der Waals surface area contributed by atoms with Gasteiger partial charge in [0.25, 0.3) is 5.91 Å². The number of rotatable bonds is 3. The van der Waals surface area contributed by atoms with Gasteiger partial charge in [-0.2, -0.15) is 0 Å². The molecule has 2 heterocycles. The average molecular weight is 288 g/mol. The Bertz CT molecular complexity index is 510. The lowest BCUT2D eigenvalue weighted by atomic mass is 10.1. The van der Waals surface area contributed by atoms with E-state index in [9.17, 15) is 13.2 Å². The molecular weight excluding hydrogens is 272 g/mol. The van der Waals surface area contributed by atoms with Crippen LogP contribution in [0.4, 0.5) is 0 Å². The Kier molecular flexibility index (Phi) is 4.04. The molecule has 18 heavy (non-hydrogen) atoms. The van der Waals surface area contributed by atoms with Crippen LogP contribution in [0.5, 0.6) is 0 Å². The third-order valence-corrected chi connectivity index (χ3v) is 5.07. The van der Waals surface area contributed by atoms with Gasteiger partial charge in [-0.1, -0.05) is 6.07 Å². The molecule has 0 bridgehead atoms. The molecule has 0 aromatic carbocycles. The molecule has 100 valence electrons. The van der Waals surface area contributed by atoms with E-state index in [1.54, 1.807) is 6.07 Å². The number of thiophene rings is 1. The monoisotopic (exact) mass is 288 g/mol. The molecular formula is C11H16N2O3S2. The van der Waals surface area contributed by atoms with E-state index < -0.39 is 10.0 Å². The maximum Gasteiger partial charge on any atom is 0.261 e. The van der Waals surface area contributed by atoms with Gasteiger partial charge in [0.05, 0.1) is 11.1 Å². The normalized spacial score (nSPS) is 21.7. The summed E-state index contributed by atoms with van der Waals surface area (Å²) in [6.45, 7) is 0.917. The van der Waals surface area contributed by atoms with Crippen LogP contribution >= 0.6 is 11.3 Å². The minimum atomic E-state index is -3.16. The van der Waals surface area contributed by atoms with Crippen LogP contribution in [0.25, 0.3) is 0 Å². The third kappa shape index (κ3) is 3.30. The molecule has 1 aliphatic heterocycles. The number of nitrogens with zero attached hydrogens (tertiary/aromatic N) is 1. The standard InChI is InChI=1S/C11H16N2O3S2/c1-18(15,16)13-6-2-4-9(8-13)12-11(14)10-5-3-7-17-10/h3,5,7,9H,2,4,6,8H2,1H3,(H,12,14). The number of nitrogens with one attached hydrogen (secondary N) is 1. The van der Waals surface area contributed by atoms with E-state index in [1.165, 1.54) is 21.9 Å². The molecule has 0 aliphatic carbocycles. The number of amides is 1. The highest BCUT2D eigenvalue weighted by atomic mass is 32.2. The molecule has 0 saturated carbocycles. The first-order chi connectivity index (χ1) is 8.47. The fourth-order valence-corrected chi connectivity index (χ4v) is 3.56. The Labute approximate surface area is 111 Å². The zero-order chi connectivity index (χ0) is 13.2. The lowest BCUT2D eigenvalue weighted by Crippen LogP contribution is -2.49. The highest BCUT2D eigenvalue weighted by Gasteiger charge is 2.27. The van der Waals surface area contributed by atoms with E-state index in [-0.39, 0.29) is 11.9 Å². The summed E-state index contributed by atoms with van der Waals surface area (Å²) in [6, 6.07) is 3.49. The minimum absolute atomic E-state index is 0.0944. The SMILES string of the molecule is CS(=O)(=O)N1CCCC(NC(=O)c2cccs2)C1. The number of carbonyl (C=O) groups is 1. The van der Waals surface area contributed by atoms with Crippen LogP contribution in [0.1, 0.15) is 22.5 Å². The van der Waals surface area contributed by atoms with E-state index in [4.69, 9.17) is 0 Å². The van der Waals surface area contributed by atoms with Crippen molar-refractivity contribution in [1.29, 1.82) is 0 Å². The fourth-order valence-electron chi connectivity index (χ4n) is 2.03. The van der Waals surface area contributed by atoms with Crippen molar-refractivity contribution in [2.75, 3.05) is 19.3 Å². The second-order valence-corrected chi connectivity index (χ2v) is 7.34. The molecule has 0 radical (unpaired) electrons. The fraction of sp³-hybridized carbons (Fsp3) is 0.545. The zero-order valence-corrected chi connectivity index (χ0v) is 11.8. The molecule has 1 N–H and O–H groups in total. The third-order valence-electron chi connectivity index (χ3n) is 2.93. The van der Waals surface area contributed by atoms with E-state index in [0.717, 1.165) is 12.8 Å². The van der Waals surface area contributed by atoms with Crippen LogP contribution in [0.2, 0.25) is 0 Å². The second kappa shape index (κ2) is 5.38. The van der Waals surface area contributed by atoms with Gasteiger partial charge in [-0.3, -0.25) is 4.79 Å². The summed E-state index contributed by atoms with van der Waals surface area (Å²) in [6.07, 6.45) is 2.81. The van der Waals surface area contributed by atoms with E-state index in [1.807, 2.05) is 11.4 Å². The van der Waals surface area contributed by atoms with Gasteiger partial charge in [0, 0.05) is 19.1 Å². The summed E-state index contributed by atoms with van der Waals surface area (Å²) in [7, 11) is -3.16. The van der Waals surface area contributed by atoms with Gasteiger partial charge in [-0.05, 0) is 24.3 Å². The molecule has 7 heteroatoms. The molecule has 1 fully saturated rings. The molecule has 1 atom stereocenters. The maximum atomic E-state index is 11.9. The average Bonchev–Trinajstić information content (AvgIpc) is 2.81. The van der Waals surface area contributed by atoms with Crippen molar-refractivity contribution in [2.45, 2.75) is 18.9 Å². The molecule has 1 aromatic rings. The van der Waals surface area contributed by atoms with Crippen LogP contribution in [0.15, 0.2) is 17.5 Å². The number of carbonyl (C=O) groups excluding carboxylic acids is 1. The molecule has 1 aliphatic rings. The van der Waals surface area contributed by atoms with E-state index in [2.05, 4.69) is 5.32 Å². The largest absolute Gasteiger partial charge is 0.347 e. The summed E-state index contributed by atoms with van der Waals surface area (Å²) in [4.78, 5) is 12.5. The highest BCUT2D eigenvalue weighted by molar-refractivity contribution is 7.88. The number of piperidine rings is 1. The summed E-state index contributed by atoms with van der Waals surface area (Å²) < 4.78 is 24.3. The van der Waals surface area contributed by atoms with Crippen LogP contribution in [0, 0.1) is 0 Å². The van der Waals surface area contributed by atoms with Gasteiger partial charge >= 0.3 is 0 Å². The smallest absolute Gasteiger partial charge is 0.261 e. The summed E-state index contributed by atoms with van der Waals surface area (Å²) in [5, 5.41) is 4.73. The van der Waals surface area contributed by atoms with Crippen LogP contribution in [-0.4, -0.2) is 44.0 Å². The van der Waals surface area contributed by atoms with Crippen LogP contribution < -0.4 is 5.32 Å².